The average molecular weight is 898 g/mol. The Morgan fingerprint density at radius 1 is 0.778 bits per heavy atom. The maximum Gasteiger partial charge on any atom is 0.301 e. The molecule has 4 aliphatic rings. The first-order chi connectivity index (χ1) is 30.5. The molecule has 5 aromatic rings. The summed E-state index contributed by atoms with van der Waals surface area (Å²) in [6.07, 6.45) is 10.2. The molecule has 4 fully saturated rings. The number of anilines is 3. The highest BCUT2D eigenvalue weighted by Crippen LogP contribution is 2.39. The van der Waals surface area contributed by atoms with Gasteiger partial charge in [0.2, 0.25) is 11.8 Å². The van der Waals surface area contributed by atoms with Crippen LogP contribution in [0.3, 0.4) is 0 Å². The third kappa shape index (κ3) is 9.45. The van der Waals surface area contributed by atoms with E-state index in [1.54, 1.807) is 30.6 Å². The van der Waals surface area contributed by atoms with Gasteiger partial charge in [0.15, 0.2) is 11.6 Å². The van der Waals surface area contributed by atoms with Crippen molar-refractivity contribution in [1.82, 2.24) is 29.3 Å². The van der Waals surface area contributed by atoms with Crippen LogP contribution in [0.2, 0.25) is 5.02 Å². The second kappa shape index (κ2) is 18.4. The number of aromatic nitrogens is 3. The molecule has 4 saturated heterocycles. The van der Waals surface area contributed by atoms with Gasteiger partial charge in [-0.2, -0.15) is 17.8 Å². The molecule has 0 aliphatic carbocycles. The number of nitrogens with one attached hydrogen (secondary N) is 2. The number of amides is 2. The zero-order chi connectivity index (χ0) is 43.7. The van der Waals surface area contributed by atoms with Crippen molar-refractivity contribution in [2.45, 2.75) is 50.9 Å². The lowest BCUT2D eigenvalue weighted by molar-refractivity contribution is -0.134. The van der Waals surface area contributed by atoms with E-state index in [0.29, 0.717) is 48.7 Å². The second-order valence-corrected chi connectivity index (χ2v) is 19.0. The molecule has 0 spiro atoms. The first kappa shape index (κ1) is 42.9. The van der Waals surface area contributed by atoms with Crippen molar-refractivity contribution >= 4 is 50.7 Å². The Kier molecular flexibility index (Phi) is 12.5. The minimum absolute atomic E-state index is 0.00899. The molecular formula is C46H50ClF2N9O4S. The molecular weight excluding hydrogens is 848 g/mol. The predicted octanol–water partition coefficient (Wildman–Crippen LogP) is 7.23. The van der Waals surface area contributed by atoms with E-state index in [9.17, 15) is 18.0 Å². The Morgan fingerprint density at radius 2 is 1.51 bits per heavy atom. The number of halogens is 3. The van der Waals surface area contributed by atoms with E-state index in [4.69, 9.17) is 16.7 Å². The van der Waals surface area contributed by atoms with Gasteiger partial charge in [-0.05, 0) is 111 Å². The maximum atomic E-state index is 16.4. The quantitative estimate of drug-likeness (QED) is 0.132. The SMILES string of the molecule is O=C1CC[C@H](c2ccc(N3CCC(CN4CCCN(c5ccc(-n6cc(-c7cc(Cl)cc(NS(=O)(=O)N8CCCC8)c7F)c(-c7ccncc7)n6)c(F)c5)CC4)CC3)cc2)C(=O)N1. The van der Waals surface area contributed by atoms with E-state index in [1.165, 1.54) is 33.4 Å². The Hall–Kier alpha value is -5.42. The number of benzene rings is 3. The number of hydrogen-bond acceptors (Lipinski definition) is 9. The molecule has 13 nitrogen and oxygen atoms in total. The van der Waals surface area contributed by atoms with Crippen molar-refractivity contribution in [3.05, 3.63) is 108 Å². The third-order valence-electron chi connectivity index (χ3n) is 12.8. The summed E-state index contributed by atoms with van der Waals surface area (Å²) in [5.74, 6) is -1.44. The van der Waals surface area contributed by atoms with E-state index in [1.807, 2.05) is 18.2 Å². The standard InChI is InChI=1S/C46H50ClF2N9O4S/c47-34-26-38(44(49)41(27-34)53-63(61,62)57-20-1-2-21-57)39-30-58(52-45(39)33-12-16-50-17-13-33)42-10-8-36(28-40(42)48)55-19-3-18-54(24-25-55)29-31-14-22-56(23-15-31)35-6-4-32(5-7-35)37-9-11-43(59)51-46(37)60/h4-8,10,12-13,16-17,26-28,30-31,37,53H,1-3,9,11,14-15,18-25,29H2,(H,51,59,60)/t37-/m1/s1. The summed E-state index contributed by atoms with van der Waals surface area (Å²) in [6, 6.07) is 19.4. The fourth-order valence-electron chi connectivity index (χ4n) is 9.37. The first-order valence-electron chi connectivity index (χ1n) is 21.7. The van der Waals surface area contributed by atoms with Crippen molar-refractivity contribution < 1.29 is 26.8 Å². The van der Waals surface area contributed by atoms with Gasteiger partial charge < -0.3 is 14.7 Å². The molecule has 2 amide bonds. The van der Waals surface area contributed by atoms with Crippen molar-refractivity contribution in [3.8, 4) is 28.1 Å². The summed E-state index contributed by atoms with van der Waals surface area (Å²) >= 11 is 6.49. The number of pyridine rings is 1. The van der Waals surface area contributed by atoms with Gasteiger partial charge in [0.05, 0.1) is 11.6 Å². The summed E-state index contributed by atoms with van der Waals surface area (Å²) in [6.45, 7) is 7.02. The molecule has 330 valence electrons. The Balaban J connectivity index is 0.853. The zero-order valence-electron chi connectivity index (χ0n) is 34.9. The molecule has 1 atom stereocenters. The van der Waals surface area contributed by atoms with Gasteiger partial charge in [-0.3, -0.25) is 24.6 Å². The van der Waals surface area contributed by atoms with E-state index >= 15 is 8.78 Å². The second-order valence-electron chi connectivity index (χ2n) is 16.9. The summed E-state index contributed by atoms with van der Waals surface area (Å²) in [5, 5.41) is 7.31. The largest absolute Gasteiger partial charge is 0.372 e. The molecule has 4 aliphatic heterocycles. The van der Waals surface area contributed by atoms with E-state index < -0.39 is 21.8 Å². The number of imide groups is 1. The van der Waals surface area contributed by atoms with Crippen LogP contribution < -0.4 is 19.8 Å². The Morgan fingerprint density at radius 3 is 2.24 bits per heavy atom. The smallest absolute Gasteiger partial charge is 0.301 e. The molecule has 0 saturated carbocycles. The molecule has 17 heteroatoms. The highest BCUT2D eigenvalue weighted by molar-refractivity contribution is 7.90. The first-order valence-corrected chi connectivity index (χ1v) is 23.5. The third-order valence-corrected chi connectivity index (χ3v) is 14.5. The Labute approximate surface area is 371 Å². The summed E-state index contributed by atoms with van der Waals surface area (Å²) in [7, 11) is -4.02. The van der Waals surface area contributed by atoms with Crippen LogP contribution in [-0.4, -0.2) is 103 Å². The van der Waals surface area contributed by atoms with Gasteiger partial charge in [0.1, 0.15) is 11.4 Å². The van der Waals surface area contributed by atoms with Crippen molar-refractivity contribution in [1.29, 1.82) is 0 Å². The van der Waals surface area contributed by atoms with E-state index in [0.717, 1.165) is 94.9 Å². The van der Waals surface area contributed by atoms with Crippen LogP contribution in [0, 0.1) is 17.6 Å². The molecule has 2 aromatic heterocycles. The maximum absolute atomic E-state index is 16.4. The lowest BCUT2D eigenvalue weighted by Crippen LogP contribution is -2.40. The average Bonchev–Trinajstić information content (AvgIpc) is 3.94. The van der Waals surface area contributed by atoms with Crippen LogP contribution in [0.15, 0.2) is 85.3 Å². The van der Waals surface area contributed by atoms with Gasteiger partial charge in [0.25, 0.3) is 0 Å². The number of rotatable bonds is 11. The molecule has 3 aromatic carbocycles. The van der Waals surface area contributed by atoms with Gasteiger partial charge >= 0.3 is 10.2 Å². The summed E-state index contributed by atoms with van der Waals surface area (Å²) in [5.41, 5.74) is 4.00. The number of carbonyl (C=O) groups is 2. The van der Waals surface area contributed by atoms with Gasteiger partial charge in [0, 0.05) is 110 Å². The van der Waals surface area contributed by atoms with Crippen LogP contribution in [0.1, 0.15) is 56.4 Å². The predicted molar refractivity (Wildman–Crippen MR) is 240 cm³/mol. The lowest BCUT2D eigenvalue weighted by Gasteiger charge is -2.36. The van der Waals surface area contributed by atoms with Crippen LogP contribution >= 0.6 is 11.6 Å². The lowest BCUT2D eigenvalue weighted by atomic mass is 9.90. The zero-order valence-corrected chi connectivity index (χ0v) is 36.4. The number of piperidine rings is 2. The molecule has 63 heavy (non-hydrogen) atoms. The number of carbonyl (C=O) groups excluding carboxylic acids is 2. The highest BCUT2D eigenvalue weighted by atomic mass is 35.5. The normalized spacial score (nSPS) is 19.6. The fraction of sp³-hybridized carbons (Fsp3) is 0.391. The van der Waals surface area contributed by atoms with Gasteiger partial charge in [-0.1, -0.05) is 23.7 Å². The summed E-state index contributed by atoms with van der Waals surface area (Å²) in [4.78, 5) is 35.2. The fourth-order valence-corrected chi connectivity index (χ4v) is 10.9. The molecule has 9 rings (SSSR count). The topological polar surface area (TPSA) is 136 Å². The summed E-state index contributed by atoms with van der Waals surface area (Å²) < 4.78 is 63.9. The number of hydrogen-bond donors (Lipinski definition) is 2. The minimum atomic E-state index is -4.02. The molecule has 0 unspecified atom stereocenters. The van der Waals surface area contributed by atoms with Gasteiger partial charge in [-0.15, -0.1) is 0 Å². The van der Waals surface area contributed by atoms with Crippen molar-refractivity contribution in [2.24, 2.45) is 5.92 Å². The van der Waals surface area contributed by atoms with Crippen molar-refractivity contribution in [3.63, 3.8) is 0 Å². The van der Waals surface area contributed by atoms with Crippen molar-refractivity contribution in [2.75, 3.05) is 73.4 Å². The Bertz CT molecular complexity index is 2580. The van der Waals surface area contributed by atoms with Crippen LogP contribution in [-0.2, 0) is 19.8 Å². The van der Waals surface area contributed by atoms with E-state index in [-0.39, 0.29) is 39.7 Å². The van der Waals surface area contributed by atoms with Crippen LogP contribution in [0.4, 0.5) is 25.8 Å². The molecule has 0 radical (unpaired) electrons. The molecule has 2 N–H and O–H groups in total. The number of nitrogens with zero attached hydrogens (tertiary/aromatic N) is 7. The van der Waals surface area contributed by atoms with E-state index in [2.05, 4.69) is 41.9 Å². The van der Waals surface area contributed by atoms with Crippen LogP contribution in [0.5, 0.6) is 0 Å². The van der Waals surface area contributed by atoms with Gasteiger partial charge in [-0.25, -0.2) is 13.5 Å². The highest BCUT2D eigenvalue weighted by Gasteiger charge is 2.30. The van der Waals surface area contributed by atoms with Crippen LogP contribution in [0.25, 0.3) is 28.1 Å². The molecule has 0 bridgehead atoms. The monoisotopic (exact) mass is 897 g/mol. The minimum Gasteiger partial charge on any atom is -0.372 e. The molecule has 6 heterocycles.